The van der Waals surface area contributed by atoms with Crippen LogP contribution in [0.4, 0.5) is 11.4 Å². The SMILES string of the molecule is CC(C)N(CCC(=O)O)c1ccc([N+](=O)[O-])cc1I. The average Bonchev–Trinajstić information content (AvgIpc) is 2.30. The van der Waals surface area contributed by atoms with E-state index in [1.165, 1.54) is 12.1 Å². The molecule has 0 bridgehead atoms. The van der Waals surface area contributed by atoms with E-state index in [1.807, 2.05) is 41.3 Å². The molecule has 0 aliphatic heterocycles. The Morgan fingerprint density at radius 2 is 2.16 bits per heavy atom. The van der Waals surface area contributed by atoms with Crippen LogP contribution in [0.25, 0.3) is 0 Å². The van der Waals surface area contributed by atoms with Crippen molar-refractivity contribution in [2.75, 3.05) is 11.4 Å². The van der Waals surface area contributed by atoms with Gasteiger partial charge in [-0.1, -0.05) is 0 Å². The minimum Gasteiger partial charge on any atom is -0.481 e. The van der Waals surface area contributed by atoms with Crippen LogP contribution in [0.15, 0.2) is 18.2 Å². The van der Waals surface area contributed by atoms with Crippen LogP contribution >= 0.6 is 22.6 Å². The predicted molar refractivity (Wildman–Crippen MR) is 80.5 cm³/mol. The summed E-state index contributed by atoms with van der Waals surface area (Å²) in [6.45, 7) is 4.29. The minimum absolute atomic E-state index is 0.0330. The Bertz CT molecular complexity index is 491. The fraction of sp³-hybridized carbons (Fsp3) is 0.417. The quantitative estimate of drug-likeness (QED) is 0.468. The van der Waals surface area contributed by atoms with Gasteiger partial charge in [-0.2, -0.15) is 0 Å². The lowest BCUT2D eigenvalue weighted by atomic mass is 10.2. The minimum atomic E-state index is -0.859. The van der Waals surface area contributed by atoms with E-state index in [2.05, 4.69) is 0 Å². The van der Waals surface area contributed by atoms with Crippen LogP contribution in [0.1, 0.15) is 20.3 Å². The molecule has 7 heteroatoms. The van der Waals surface area contributed by atoms with Gasteiger partial charge in [-0.15, -0.1) is 0 Å². The smallest absolute Gasteiger partial charge is 0.305 e. The van der Waals surface area contributed by atoms with Gasteiger partial charge in [-0.25, -0.2) is 0 Å². The number of carboxylic acid groups (broad SMARTS) is 1. The van der Waals surface area contributed by atoms with Crippen LogP contribution in [0.3, 0.4) is 0 Å². The summed E-state index contributed by atoms with van der Waals surface area (Å²) >= 11 is 2.03. The van der Waals surface area contributed by atoms with Crippen LogP contribution in [0.5, 0.6) is 0 Å². The molecular formula is C12H15IN2O4. The molecule has 0 aromatic heterocycles. The first kappa shape index (κ1) is 15.7. The highest BCUT2D eigenvalue weighted by molar-refractivity contribution is 14.1. The molecule has 6 nitrogen and oxygen atoms in total. The summed E-state index contributed by atoms with van der Waals surface area (Å²) in [6, 6.07) is 4.72. The summed E-state index contributed by atoms with van der Waals surface area (Å²) in [6.07, 6.45) is 0.0330. The standard InChI is InChI=1S/C12H15IN2O4/c1-8(2)14(6-5-12(16)17)11-4-3-9(15(18)19)7-10(11)13/h3-4,7-8H,5-6H2,1-2H3,(H,16,17). The van der Waals surface area contributed by atoms with Crippen molar-refractivity contribution >= 4 is 39.9 Å². The van der Waals surface area contributed by atoms with Crippen LogP contribution in [0.2, 0.25) is 0 Å². The molecule has 1 aromatic carbocycles. The Kier molecular flexibility index (Phi) is 5.52. The molecule has 0 aliphatic carbocycles. The Hall–Kier alpha value is -1.38. The number of anilines is 1. The van der Waals surface area contributed by atoms with Gasteiger partial charge in [0.05, 0.1) is 17.0 Å². The third-order valence-corrected chi connectivity index (χ3v) is 3.51. The van der Waals surface area contributed by atoms with Crippen molar-refractivity contribution in [2.24, 2.45) is 0 Å². The van der Waals surface area contributed by atoms with E-state index in [0.29, 0.717) is 6.54 Å². The molecule has 1 rings (SSSR count). The number of nitro groups is 1. The number of aliphatic carboxylic acids is 1. The van der Waals surface area contributed by atoms with Gasteiger partial charge >= 0.3 is 5.97 Å². The van der Waals surface area contributed by atoms with E-state index in [0.717, 1.165) is 9.26 Å². The van der Waals surface area contributed by atoms with Crippen LogP contribution in [0, 0.1) is 13.7 Å². The molecule has 0 heterocycles. The summed E-state index contributed by atoms with van der Waals surface area (Å²) in [5.74, 6) is -0.859. The number of hydrogen-bond donors (Lipinski definition) is 1. The molecular weight excluding hydrogens is 363 g/mol. The van der Waals surface area contributed by atoms with Gasteiger partial charge < -0.3 is 10.0 Å². The fourth-order valence-electron chi connectivity index (χ4n) is 1.72. The van der Waals surface area contributed by atoms with Gasteiger partial charge in [0.2, 0.25) is 0 Å². The normalized spacial score (nSPS) is 10.5. The van der Waals surface area contributed by atoms with E-state index >= 15 is 0 Å². The molecule has 19 heavy (non-hydrogen) atoms. The van der Waals surface area contributed by atoms with Crippen LogP contribution < -0.4 is 4.90 Å². The van der Waals surface area contributed by atoms with Gasteiger partial charge in [0.15, 0.2) is 0 Å². The number of carboxylic acids is 1. The van der Waals surface area contributed by atoms with Crippen molar-refractivity contribution in [1.29, 1.82) is 0 Å². The second kappa shape index (κ2) is 6.69. The molecule has 0 saturated heterocycles. The molecule has 1 N–H and O–H groups in total. The van der Waals surface area contributed by atoms with Crippen molar-refractivity contribution in [3.05, 3.63) is 31.9 Å². The second-order valence-electron chi connectivity index (χ2n) is 4.32. The number of benzene rings is 1. The molecule has 104 valence electrons. The Balaban J connectivity index is 3.02. The highest BCUT2D eigenvalue weighted by atomic mass is 127. The largest absolute Gasteiger partial charge is 0.481 e. The highest BCUT2D eigenvalue weighted by Gasteiger charge is 2.17. The summed E-state index contributed by atoms with van der Waals surface area (Å²) < 4.78 is 0.742. The van der Waals surface area contributed by atoms with Gasteiger partial charge in [0, 0.05) is 28.3 Å². The van der Waals surface area contributed by atoms with Gasteiger partial charge in [0.1, 0.15) is 0 Å². The lowest BCUT2D eigenvalue weighted by Crippen LogP contribution is -2.33. The van der Waals surface area contributed by atoms with Crippen molar-refractivity contribution in [3.63, 3.8) is 0 Å². The maximum Gasteiger partial charge on any atom is 0.305 e. The molecule has 0 aliphatic rings. The molecule has 0 unspecified atom stereocenters. The van der Waals surface area contributed by atoms with Crippen LogP contribution in [-0.4, -0.2) is 28.6 Å². The lowest BCUT2D eigenvalue weighted by Gasteiger charge is -2.29. The Morgan fingerprint density at radius 1 is 1.53 bits per heavy atom. The number of carbonyl (C=O) groups is 1. The topological polar surface area (TPSA) is 83.7 Å². The van der Waals surface area contributed by atoms with Crippen molar-refractivity contribution in [1.82, 2.24) is 0 Å². The number of nitrogens with zero attached hydrogens (tertiary/aromatic N) is 2. The zero-order chi connectivity index (χ0) is 14.6. The first-order valence-corrected chi connectivity index (χ1v) is 6.83. The molecule has 0 saturated carbocycles. The predicted octanol–water partition coefficient (Wildman–Crippen LogP) is 2.89. The van der Waals surface area contributed by atoms with E-state index in [1.54, 1.807) is 6.07 Å². The van der Waals surface area contributed by atoms with Gasteiger partial charge in [0.25, 0.3) is 5.69 Å². The maximum atomic E-state index is 10.7. The summed E-state index contributed by atoms with van der Waals surface area (Å²) in [4.78, 5) is 22.9. The number of halogens is 1. The number of rotatable bonds is 6. The first-order chi connectivity index (χ1) is 8.82. The second-order valence-corrected chi connectivity index (χ2v) is 5.49. The Morgan fingerprint density at radius 3 is 2.58 bits per heavy atom. The van der Waals surface area contributed by atoms with Crippen LogP contribution in [-0.2, 0) is 4.79 Å². The number of nitro benzene ring substituents is 1. The molecule has 0 fully saturated rings. The number of non-ortho nitro benzene ring substituents is 1. The van der Waals surface area contributed by atoms with Crippen molar-refractivity contribution in [3.8, 4) is 0 Å². The zero-order valence-electron chi connectivity index (χ0n) is 10.7. The van der Waals surface area contributed by atoms with E-state index < -0.39 is 10.9 Å². The van der Waals surface area contributed by atoms with Crippen molar-refractivity contribution < 1.29 is 14.8 Å². The third-order valence-electron chi connectivity index (χ3n) is 2.64. The summed E-state index contributed by atoms with van der Waals surface area (Å²) in [5, 5.41) is 19.5. The first-order valence-electron chi connectivity index (χ1n) is 5.75. The molecule has 0 amide bonds. The summed E-state index contributed by atoms with van der Waals surface area (Å²) in [7, 11) is 0. The zero-order valence-corrected chi connectivity index (χ0v) is 12.8. The lowest BCUT2D eigenvalue weighted by molar-refractivity contribution is -0.384. The molecule has 0 spiro atoms. The third kappa shape index (κ3) is 4.34. The highest BCUT2D eigenvalue weighted by Crippen LogP contribution is 2.28. The molecule has 1 aromatic rings. The monoisotopic (exact) mass is 378 g/mol. The molecule has 0 radical (unpaired) electrons. The van der Waals surface area contributed by atoms with E-state index in [4.69, 9.17) is 5.11 Å². The molecule has 0 atom stereocenters. The van der Waals surface area contributed by atoms with E-state index in [9.17, 15) is 14.9 Å². The van der Waals surface area contributed by atoms with E-state index in [-0.39, 0.29) is 18.2 Å². The average molecular weight is 378 g/mol. The summed E-state index contributed by atoms with van der Waals surface area (Å²) in [5.41, 5.74) is 0.859. The van der Waals surface area contributed by atoms with Crippen molar-refractivity contribution in [2.45, 2.75) is 26.3 Å². The van der Waals surface area contributed by atoms with Gasteiger partial charge in [-0.05, 0) is 42.5 Å². The fourth-order valence-corrected chi connectivity index (χ4v) is 2.52. The Labute approximate surface area is 124 Å². The maximum absolute atomic E-state index is 10.7. The van der Waals surface area contributed by atoms with Gasteiger partial charge in [-0.3, -0.25) is 14.9 Å². The number of hydrogen-bond acceptors (Lipinski definition) is 4.